The molecule has 0 spiro atoms. The fourth-order valence-electron chi connectivity index (χ4n) is 6.40. The molecule has 0 radical (unpaired) electrons. The van der Waals surface area contributed by atoms with Crippen LogP contribution in [0.1, 0.15) is 90.2 Å². The molecule has 3 aliphatic rings. The SMILES string of the molecule is C=C(c1cccc(C(=C)N2CCC(N3CCCC3)CC2)c1)N1CCC(N(CCC)CCC)CC1.CC. The quantitative estimate of drug-likeness (QED) is 0.354. The third-order valence-electron chi connectivity index (χ3n) is 8.42. The Morgan fingerprint density at radius 1 is 0.778 bits per heavy atom. The maximum atomic E-state index is 4.52. The topological polar surface area (TPSA) is 13.0 Å². The number of piperidine rings is 2. The average Bonchev–Trinajstić information content (AvgIpc) is 3.49. The van der Waals surface area contributed by atoms with Crippen LogP contribution in [0.15, 0.2) is 37.4 Å². The van der Waals surface area contributed by atoms with Crippen LogP contribution in [0.4, 0.5) is 0 Å². The lowest BCUT2D eigenvalue weighted by atomic mass is 9.98. The zero-order valence-electron chi connectivity index (χ0n) is 24.0. The lowest BCUT2D eigenvalue weighted by molar-refractivity contribution is 0.132. The molecule has 0 N–H and O–H groups in total. The largest absolute Gasteiger partial charge is 0.371 e. The molecule has 1 aromatic carbocycles. The second kappa shape index (κ2) is 14.8. The van der Waals surface area contributed by atoms with Gasteiger partial charge in [0.05, 0.1) is 0 Å². The van der Waals surface area contributed by atoms with Gasteiger partial charge >= 0.3 is 0 Å². The number of rotatable bonds is 10. The van der Waals surface area contributed by atoms with Crippen LogP contribution in [-0.2, 0) is 0 Å². The molecule has 4 heteroatoms. The zero-order chi connectivity index (χ0) is 25.9. The zero-order valence-corrected chi connectivity index (χ0v) is 24.0. The van der Waals surface area contributed by atoms with Crippen LogP contribution < -0.4 is 0 Å². The average molecular weight is 495 g/mol. The highest BCUT2D eigenvalue weighted by molar-refractivity contribution is 5.69. The predicted molar refractivity (Wildman–Crippen MR) is 158 cm³/mol. The number of hydrogen-bond acceptors (Lipinski definition) is 4. The van der Waals surface area contributed by atoms with Crippen molar-refractivity contribution in [2.24, 2.45) is 0 Å². The van der Waals surface area contributed by atoms with Gasteiger partial charge in [0.2, 0.25) is 0 Å². The molecule has 0 unspecified atom stereocenters. The normalized spacial score (nSPS) is 19.9. The number of nitrogens with zero attached hydrogens (tertiary/aromatic N) is 4. The summed E-state index contributed by atoms with van der Waals surface area (Å²) in [5.41, 5.74) is 4.87. The van der Waals surface area contributed by atoms with Gasteiger partial charge < -0.3 is 19.6 Å². The van der Waals surface area contributed by atoms with Gasteiger partial charge in [-0.25, -0.2) is 0 Å². The standard InChI is InChI=1S/C30H48N4.C2H6/c1-5-16-33(17-6-2)29-12-20-31(21-13-29)25(3)27-10-9-11-28(24-27)26(4)32-22-14-30(15-23-32)34-18-7-8-19-34;1-2/h9-11,24,29-30H,3-8,12-23H2,1-2H3;1-2H3. The molecule has 36 heavy (non-hydrogen) atoms. The molecule has 0 aromatic heterocycles. The molecule has 3 heterocycles. The van der Waals surface area contributed by atoms with E-state index < -0.39 is 0 Å². The van der Waals surface area contributed by atoms with Gasteiger partial charge in [0.1, 0.15) is 0 Å². The summed E-state index contributed by atoms with van der Waals surface area (Å²) in [5.74, 6) is 0. The van der Waals surface area contributed by atoms with E-state index in [4.69, 9.17) is 0 Å². The van der Waals surface area contributed by atoms with Crippen molar-refractivity contribution in [3.8, 4) is 0 Å². The Morgan fingerprint density at radius 3 is 1.72 bits per heavy atom. The van der Waals surface area contributed by atoms with Crippen molar-refractivity contribution in [3.63, 3.8) is 0 Å². The van der Waals surface area contributed by atoms with Crippen molar-refractivity contribution in [1.82, 2.24) is 19.6 Å². The van der Waals surface area contributed by atoms with Gasteiger partial charge in [-0.05, 0) is 94.7 Å². The Balaban J connectivity index is 0.00000176. The fraction of sp³-hybridized carbons (Fsp3) is 0.688. The Bertz CT molecular complexity index is 790. The van der Waals surface area contributed by atoms with Crippen LogP contribution in [0.25, 0.3) is 11.4 Å². The van der Waals surface area contributed by atoms with Crippen molar-refractivity contribution < 1.29 is 0 Å². The minimum absolute atomic E-state index is 0.735. The molecule has 3 aliphatic heterocycles. The van der Waals surface area contributed by atoms with E-state index in [-0.39, 0.29) is 0 Å². The summed E-state index contributed by atoms with van der Waals surface area (Å²) in [6, 6.07) is 10.5. The van der Waals surface area contributed by atoms with Gasteiger partial charge in [0.15, 0.2) is 0 Å². The molecule has 0 aliphatic carbocycles. The summed E-state index contributed by atoms with van der Waals surface area (Å²) in [7, 11) is 0. The predicted octanol–water partition coefficient (Wildman–Crippen LogP) is 6.80. The molecule has 0 saturated carbocycles. The highest BCUT2D eigenvalue weighted by Crippen LogP contribution is 2.29. The number of hydrogen-bond donors (Lipinski definition) is 0. The third kappa shape index (κ3) is 7.38. The van der Waals surface area contributed by atoms with Crippen molar-refractivity contribution in [2.75, 3.05) is 52.4 Å². The van der Waals surface area contributed by atoms with Crippen LogP contribution in [0.3, 0.4) is 0 Å². The van der Waals surface area contributed by atoms with Crippen molar-refractivity contribution >= 4 is 11.4 Å². The van der Waals surface area contributed by atoms with E-state index in [0.29, 0.717) is 0 Å². The summed E-state index contributed by atoms with van der Waals surface area (Å²) in [6.45, 7) is 27.2. The van der Waals surface area contributed by atoms with Crippen LogP contribution >= 0.6 is 0 Å². The molecule has 3 fully saturated rings. The highest BCUT2D eigenvalue weighted by Gasteiger charge is 2.28. The van der Waals surface area contributed by atoms with Gasteiger partial charge in [-0.2, -0.15) is 0 Å². The molecule has 3 saturated heterocycles. The Kier molecular flexibility index (Phi) is 11.9. The van der Waals surface area contributed by atoms with E-state index in [1.54, 1.807) is 0 Å². The van der Waals surface area contributed by atoms with Gasteiger partial charge in [0.25, 0.3) is 0 Å². The summed E-state index contributed by atoms with van der Waals surface area (Å²) >= 11 is 0. The fourth-order valence-corrected chi connectivity index (χ4v) is 6.40. The van der Waals surface area contributed by atoms with E-state index in [2.05, 4.69) is 70.9 Å². The highest BCUT2D eigenvalue weighted by atomic mass is 15.2. The van der Waals surface area contributed by atoms with Crippen LogP contribution in [0.2, 0.25) is 0 Å². The number of benzene rings is 1. The van der Waals surface area contributed by atoms with Crippen LogP contribution in [0, 0.1) is 0 Å². The Hall–Kier alpha value is -1.78. The summed E-state index contributed by atoms with van der Waals surface area (Å²) in [4.78, 5) is 10.5. The van der Waals surface area contributed by atoms with E-state index in [0.717, 1.165) is 38.3 Å². The molecule has 0 atom stereocenters. The lowest BCUT2D eigenvalue weighted by Crippen LogP contribution is -2.44. The first kappa shape index (κ1) is 28.8. The van der Waals surface area contributed by atoms with Gasteiger partial charge in [0, 0.05) is 49.7 Å². The second-order valence-electron chi connectivity index (χ2n) is 10.7. The molecular weight excluding hydrogens is 440 g/mol. The van der Waals surface area contributed by atoms with Crippen LogP contribution in [0.5, 0.6) is 0 Å². The number of likely N-dealkylation sites (tertiary alicyclic amines) is 3. The second-order valence-corrected chi connectivity index (χ2v) is 10.7. The summed E-state index contributed by atoms with van der Waals surface area (Å²) in [5, 5.41) is 0. The minimum Gasteiger partial charge on any atom is -0.371 e. The summed E-state index contributed by atoms with van der Waals surface area (Å²) in [6.07, 6.45) is 10.3. The Morgan fingerprint density at radius 2 is 1.25 bits per heavy atom. The van der Waals surface area contributed by atoms with Crippen molar-refractivity contribution in [2.45, 2.75) is 91.1 Å². The smallest absolute Gasteiger partial charge is 0.0367 e. The van der Waals surface area contributed by atoms with E-state index >= 15 is 0 Å². The van der Waals surface area contributed by atoms with Gasteiger partial charge in [-0.15, -0.1) is 0 Å². The minimum atomic E-state index is 0.735. The molecule has 202 valence electrons. The molecule has 0 amide bonds. The lowest BCUT2D eigenvalue weighted by Gasteiger charge is -2.40. The molecule has 0 bridgehead atoms. The van der Waals surface area contributed by atoms with E-state index in [1.807, 2.05) is 13.8 Å². The van der Waals surface area contributed by atoms with E-state index in [9.17, 15) is 0 Å². The van der Waals surface area contributed by atoms with Gasteiger partial charge in [-0.3, -0.25) is 0 Å². The van der Waals surface area contributed by atoms with Crippen LogP contribution in [-0.4, -0.2) is 84.0 Å². The summed E-state index contributed by atoms with van der Waals surface area (Å²) < 4.78 is 0. The monoisotopic (exact) mass is 494 g/mol. The van der Waals surface area contributed by atoms with Crippen molar-refractivity contribution in [3.05, 3.63) is 48.6 Å². The molecule has 4 nitrogen and oxygen atoms in total. The van der Waals surface area contributed by atoms with Crippen molar-refractivity contribution in [1.29, 1.82) is 0 Å². The van der Waals surface area contributed by atoms with Gasteiger partial charge in [-0.1, -0.05) is 59.1 Å². The molecule has 4 rings (SSSR count). The first-order chi connectivity index (χ1) is 17.6. The maximum absolute atomic E-state index is 4.52. The van der Waals surface area contributed by atoms with E-state index in [1.165, 1.54) is 100 Å². The first-order valence-electron chi connectivity index (χ1n) is 15.1. The first-order valence-corrected chi connectivity index (χ1v) is 15.1. The molecular formula is C32H54N4. The third-order valence-corrected chi connectivity index (χ3v) is 8.42. The maximum Gasteiger partial charge on any atom is 0.0367 e. The molecule has 1 aromatic rings. The Labute approximate surface area is 223 Å².